The summed E-state index contributed by atoms with van der Waals surface area (Å²) < 4.78 is 136. The standard InChI is InChI=1S/2C23H26F3N3O3S.C4H4O4/c2*1-14-2-4-18(5-3-14)33(31,32)28-12-15-6-7-29(22(15)13-28)23(30)10-17(27)8-16-9-20(25)21(26)11-19(16)24;5-3(6)1-2-4(7)8/h2*2-5,9,11,15,17,22H,6-8,10,12-13,27H2,1H3;1-2H,(H,5,6)(H,7,8)/b;;2-1+/t2*15-,17+,22+;/m00./s1. The fourth-order valence-corrected chi connectivity index (χ4v) is 12.6. The number of halogens is 6. The molecule has 8 rings (SSSR count). The van der Waals surface area contributed by atoms with Crippen LogP contribution in [-0.2, 0) is 52.1 Å². The lowest BCUT2D eigenvalue weighted by molar-refractivity contribution is -0.134. The highest BCUT2D eigenvalue weighted by Gasteiger charge is 2.48. The molecule has 6 atom stereocenters. The van der Waals surface area contributed by atoms with Crippen molar-refractivity contribution in [2.75, 3.05) is 39.3 Å². The highest BCUT2D eigenvalue weighted by Crippen LogP contribution is 2.37. The number of amides is 2. The van der Waals surface area contributed by atoms with E-state index in [-0.39, 0.29) is 95.4 Å². The first kappa shape index (κ1) is 57.1. The number of hydrogen-bond donors (Lipinski definition) is 4. The van der Waals surface area contributed by atoms with Crippen LogP contribution in [0.25, 0.3) is 0 Å². The molecule has 4 fully saturated rings. The first-order valence-corrected chi connectivity index (χ1v) is 26.3. The molecule has 4 aliphatic rings. The molecule has 0 unspecified atom stereocenters. The minimum absolute atomic E-state index is 0.0361. The second-order valence-electron chi connectivity index (χ2n) is 18.7. The maximum atomic E-state index is 13.9. The molecule has 24 heteroatoms. The molecule has 4 aromatic rings. The number of aliphatic carboxylic acids is 2. The van der Waals surface area contributed by atoms with Crippen LogP contribution in [0, 0.1) is 60.6 Å². The van der Waals surface area contributed by atoms with Gasteiger partial charge in [0.2, 0.25) is 31.9 Å². The van der Waals surface area contributed by atoms with Crippen molar-refractivity contribution in [3.63, 3.8) is 0 Å². The fourth-order valence-electron chi connectivity index (χ4n) is 9.55. The number of nitrogens with two attached hydrogens (primary N) is 2. The lowest BCUT2D eigenvalue weighted by atomic mass is 10.0. The molecular formula is C50H56F6N6O10S2. The highest BCUT2D eigenvalue weighted by molar-refractivity contribution is 7.89. The number of fused-ring (bicyclic) bond motifs is 2. The van der Waals surface area contributed by atoms with Crippen LogP contribution in [0.5, 0.6) is 0 Å². The Kier molecular flexibility index (Phi) is 18.5. The maximum Gasteiger partial charge on any atom is 0.328 e. The van der Waals surface area contributed by atoms with Gasteiger partial charge >= 0.3 is 11.9 Å². The smallest absolute Gasteiger partial charge is 0.328 e. The van der Waals surface area contributed by atoms with Gasteiger partial charge in [0.1, 0.15) is 11.6 Å². The molecule has 4 heterocycles. The van der Waals surface area contributed by atoms with Crippen molar-refractivity contribution in [2.24, 2.45) is 23.3 Å². The lowest BCUT2D eigenvalue weighted by Gasteiger charge is -2.26. The van der Waals surface area contributed by atoms with Gasteiger partial charge in [-0.05, 0) is 98.9 Å². The molecule has 0 aromatic heterocycles. The Labute approximate surface area is 424 Å². The molecule has 4 aliphatic heterocycles. The van der Waals surface area contributed by atoms with Gasteiger partial charge in [-0.2, -0.15) is 8.61 Å². The lowest BCUT2D eigenvalue weighted by Crippen LogP contribution is -2.43. The van der Waals surface area contributed by atoms with Crippen LogP contribution in [0.2, 0.25) is 0 Å². The van der Waals surface area contributed by atoms with E-state index in [1.807, 2.05) is 13.8 Å². The number of carboxylic acid groups (broad SMARTS) is 2. The summed E-state index contributed by atoms with van der Waals surface area (Å²) in [5, 5.41) is 15.6. The van der Waals surface area contributed by atoms with Gasteiger partial charge in [0.25, 0.3) is 0 Å². The Morgan fingerprint density at radius 1 is 0.554 bits per heavy atom. The SMILES string of the molecule is Cc1ccc(S(=O)(=O)N2C[C@@H]3CCN(C(=O)C[C@H](N)Cc4cc(F)c(F)cc4F)[C@@H]3C2)cc1.Cc1ccc(S(=O)(=O)N2C[C@@H]3CCN(C(=O)C[C@H](N)Cc4cc(F)c(F)cc4F)[C@@H]3C2)cc1.O=C(O)/C=C/C(=O)O. The Morgan fingerprint density at radius 3 is 1.20 bits per heavy atom. The van der Waals surface area contributed by atoms with Crippen molar-refractivity contribution in [3.05, 3.63) is 142 Å². The van der Waals surface area contributed by atoms with Crippen molar-refractivity contribution < 1.29 is 72.6 Å². The zero-order valence-corrected chi connectivity index (χ0v) is 41.9. The molecule has 0 aliphatic carbocycles. The normalized spacial score (nSPS) is 20.6. The quantitative estimate of drug-likeness (QED) is 0.0749. The van der Waals surface area contributed by atoms with E-state index < -0.39 is 79.0 Å². The second-order valence-corrected chi connectivity index (χ2v) is 22.6. The van der Waals surface area contributed by atoms with Crippen LogP contribution in [0.4, 0.5) is 26.3 Å². The summed E-state index contributed by atoms with van der Waals surface area (Å²) in [4.78, 5) is 48.7. The predicted molar refractivity (Wildman–Crippen MR) is 257 cm³/mol. The van der Waals surface area contributed by atoms with Crippen LogP contribution in [0.3, 0.4) is 0 Å². The number of nitrogens with zero attached hydrogens (tertiary/aromatic N) is 4. The van der Waals surface area contributed by atoms with Gasteiger partial charge in [-0.15, -0.1) is 0 Å². The average molecular weight is 1080 g/mol. The van der Waals surface area contributed by atoms with Crippen molar-refractivity contribution in [1.29, 1.82) is 0 Å². The predicted octanol–water partition coefficient (Wildman–Crippen LogP) is 4.90. The van der Waals surface area contributed by atoms with E-state index in [1.165, 1.54) is 8.61 Å². The maximum absolute atomic E-state index is 13.9. The van der Waals surface area contributed by atoms with Crippen LogP contribution in [0.15, 0.2) is 94.7 Å². The molecule has 6 N–H and O–H groups in total. The van der Waals surface area contributed by atoms with Crippen molar-refractivity contribution >= 4 is 43.8 Å². The molecule has 0 saturated carbocycles. The molecule has 0 spiro atoms. The van der Waals surface area contributed by atoms with E-state index >= 15 is 0 Å². The second kappa shape index (κ2) is 24.0. The number of carbonyl (C=O) groups excluding carboxylic acids is 2. The molecule has 74 heavy (non-hydrogen) atoms. The molecule has 4 saturated heterocycles. The summed E-state index contributed by atoms with van der Waals surface area (Å²) in [6, 6.07) is 13.7. The largest absolute Gasteiger partial charge is 0.478 e. The highest BCUT2D eigenvalue weighted by atomic mass is 32.2. The van der Waals surface area contributed by atoms with Crippen molar-refractivity contribution in [2.45, 2.75) is 86.3 Å². The van der Waals surface area contributed by atoms with E-state index in [0.29, 0.717) is 63.3 Å². The summed E-state index contributed by atoms with van der Waals surface area (Å²) >= 11 is 0. The molecule has 4 aromatic carbocycles. The molecule has 0 radical (unpaired) electrons. The minimum Gasteiger partial charge on any atom is -0.478 e. The molecule has 2 amide bonds. The van der Waals surface area contributed by atoms with Gasteiger partial charge in [0.15, 0.2) is 23.3 Å². The summed E-state index contributed by atoms with van der Waals surface area (Å²) in [6.07, 6.45) is 2.03. The van der Waals surface area contributed by atoms with Crippen LogP contribution >= 0.6 is 0 Å². The van der Waals surface area contributed by atoms with Gasteiger partial charge in [-0.1, -0.05) is 35.4 Å². The van der Waals surface area contributed by atoms with Crippen LogP contribution in [-0.4, -0.2) is 133 Å². The molecule has 0 bridgehead atoms. The summed E-state index contributed by atoms with van der Waals surface area (Å²) in [5.74, 6) is -9.69. The fraction of sp³-hybridized carbons (Fsp3) is 0.400. The third-order valence-electron chi connectivity index (χ3n) is 13.4. The first-order chi connectivity index (χ1) is 34.7. The van der Waals surface area contributed by atoms with Gasteiger partial charge in [-0.25, -0.2) is 52.8 Å². The Morgan fingerprint density at radius 2 is 0.878 bits per heavy atom. The van der Waals surface area contributed by atoms with E-state index in [1.54, 1.807) is 58.3 Å². The van der Waals surface area contributed by atoms with Gasteiger partial charge < -0.3 is 31.5 Å². The molecule has 16 nitrogen and oxygen atoms in total. The topological polar surface area (TPSA) is 242 Å². The van der Waals surface area contributed by atoms with E-state index in [9.17, 15) is 62.4 Å². The van der Waals surface area contributed by atoms with Crippen molar-refractivity contribution in [3.8, 4) is 0 Å². The van der Waals surface area contributed by atoms with E-state index in [4.69, 9.17) is 21.7 Å². The summed E-state index contributed by atoms with van der Waals surface area (Å²) in [6.45, 7) is 5.86. The zero-order valence-electron chi connectivity index (χ0n) is 40.2. The van der Waals surface area contributed by atoms with Crippen molar-refractivity contribution in [1.82, 2.24) is 18.4 Å². The van der Waals surface area contributed by atoms with E-state index in [0.717, 1.165) is 23.3 Å². The number of likely N-dealkylation sites (tertiary alicyclic amines) is 2. The third-order valence-corrected chi connectivity index (χ3v) is 17.1. The third kappa shape index (κ3) is 13.9. The van der Waals surface area contributed by atoms with Crippen LogP contribution in [0.1, 0.15) is 47.9 Å². The number of aryl methyl sites for hydroxylation is 2. The molecule has 400 valence electrons. The Hall–Kier alpha value is -6.18. The van der Waals surface area contributed by atoms with Crippen LogP contribution < -0.4 is 11.5 Å². The van der Waals surface area contributed by atoms with Gasteiger partial charge in [0, 0.05) is 101 Å². The molecular weight excluding hydrogens is 1020 g/mol. The monoisotopic (exact) mass is 1080 g/mol. The van der Waals surface area contributed by atoms with E-state index in [2.05, 4.69) is 0 Å². The first-order valence-electron chi connectivity index (χ1n) is 23.4. The number of carboxylic acids is 2. The number of carbonyl (C=O) groups is 4. The summed E-state index contributed by atoms with van der Waals surface area (Å²) in [7, 11) is -7.32. The minimum atomic E-state index is -3.66. The van der Waals surface area contributed by atoms with Gasteiger partial charge in [-0.3, -0.25) is 9.59 Å². The number of rotatable bonds is 14. The number of sulfonamides is 2. The van der Waals surface area contributed by atoms with Gasteiger partial charge in [0.05, 0.1) is 9.79 Å². The Balaban J connectivity index is 0.000000210. The number of hydrogen-bond acceptors (Lipinski definition) is 10. The number of benzene rings is 4. The zero-order chi connectivity index (χ0) is 54.4. The Bertz CT molecular complexity index is 2790. The summed E-state index contributed by atoms with van der Waals surface area (Å²) in [5.41, 5.74) is 13.8. The average Bonchev–Trinajstić information content (AvgIpc) is 4.13.